The van der Waals surface area contributed by atoms with E-state index in [0.717, 1.165) is 17.7 Å². The standard InChI is InChI=1S/C12H10F3N3O/c1-7-6-8(2-3-9(7)16)19-11-5-4-10(17-18-11)12(13,14)15/h2-6H,16H2,1H3. The molecule has 2 rings (SSSR count). The Hall–Kier alpha value is -2.31. The number of aromatic nitrogens is 2. The van der Waals surface area contributed by atoms with Crippen molar-refractivity contribution in [2.45, 2.75) is 13.1 Å². The number of halogens is 3. The van der Waals surface area contributed by atoms with Gasteiger partial charge in [0, 0.05) is 11.8 Å². The quantitative estimate of drug-likeness (QED) is 0.850. The fourth-order valence-corrected chi connectivity index (χ4v) is 1.36. The summed E-state index contributed by atoms with van der Waals surface area (Å²) in [7, 11) is 0. The van der Waals surface area contributed by atoms with Crippen molar-refractivity contribution in [2.24, 2.45) is 0 Å². The topological polar surface area (TPSA) is 61.0 Å². The predicted molar refractivity (Wildman–Crippen MR) is 62.7 cm³/mol. The van der Waals surface area contributed by atoms with Crippen LogP contribution < -0.4 is 10.5 Å². The number of nitrogens with two attached hydrogens (primary N) is 1. The number of anilines is 1. The van der Waals surface area contributed by atoms with Gasteiger partial charge in [-0.05, 0) is 36.8 Å². The van der Waals surface area contributed by atoms with Gasteiger partial charge in [0.05, 0.1) is 0 Å². The molecule has 1 aromatic heterocycles. The molecular weight excluding hydrogens is 259 g/mol. The highest BCUT2D eigenvalue weighted by Crippen LogP contribution is 2.28. The lowest BCUT2D eigenvalue weighted by atomic mass is 10.2. The summed E-state index contributed by atoms with van der Waals surface area (Å²) in [6.07, 6.45) is -4.51. The average molecular weight is 269 g/mol. The maximum absolute atomic E-state index is 12.3. The molecule has 0 unspecified atom stereocenters. The second-order valence-corrected chi connectivity index (χ2v) is 3.88. The van der Waals surface area contributed by atoms with Crippen LogP contribution in [-0.4, -0.2) is 10.2 Å². The summed E-state index contributed by atoms with van der Waals surface area (Å²) in [4.78, 5) is 0. The Morgan fingerprint density at radius 3 is 2.37 bits per heavy atom. The Morgan fingerprint density at radius 2 is 1.84 bits per heavy atom. The first-order valence-corrected chi connectivity index (χ1v) is 5.31. The molecule has 0 spiro atoms. The first kappa shape index (κ1) is 13.1. The van der Waals surface area contributed by atoms with E-state index in [0.29, 0.717) is 11.4 Å². The van der Waals surface area contributed by atoms with Gasteiger partial charge >= 0.3 is 6.18 Å². The van der Waals surface area contributed by atoms with Crippen molar-refractivity contribution in [2.75, 3.05) is 5.73 Å². The molecule has 0 aliphatic rings. The van der Waals surface area contributed by atoms with Crippen LogP contribution in [0.25, 0.3) is 0 Å². The van der Waals surface area contributed by atoms with E-state index in [9.17, 15) is 13.2 Å². The summed E-state index contributed by atoms with van der Waals surface area (Å²) in [6, 6.07) is 6.83. The smallest absolute Gasteiger partial charge is 0.435 e. The zero-order valence-corrected chi connectivity index (χ0v) is 9.90. The molecule has 19 heavy (non-hydrogen) atoms. The summed E-state index contributed by atoms with van der Waals surface area (Å²) >= 11 is 0. The molecule has 0 amide bonds. The zero-order valence-electron chi connectivity index (χ0n) is 9.90. The summed E-state index contributed by atoms with van der Waals surface area (Å²) in [5.74, 6) is 0.415. The molecule has 0 aliphatic heterocycles. The Kier molecular flexibility index (Phi) is 3.28. The molecule has 1 aromatic carbocycles. The van der Waals surface area contributed by atoms with Gasteiger partial charge in [0.1, 0.15) is 5.75 Å². The summed E-state index contributed by atoms with van der Waals surface area (Å²) in [5, 5.41) is 6.43. The van der Waals surface area contributed by atoms with Crippen molar-refractivity contribution in [3.05, 3.63) is 41.6 Å². The van der Waals surface area contributed by atoms with Crippen molar-refractivity contribution < 1.29 is 17.9 Å². The summed E-state index contributed by atoms with van der Waals surface area (Å²) in [6.45, 7) is 1.79. The average Bonchev–Trinajstić information content (AvgIpc) is 2.33. The van der Waals surface area contributed by atoms with E-state index in [2.05, 4.69) is 10.2 Å². The van der Waals surface area contributed by atoms with Crippen LogP contribution in [0.1, 0.15) is 11.3 Å². The molecule has 4 nitrogen and oxygen atoms in total. The van der Waals surface area contributed by atoms with Gasteiger partial charge in [-0.1, -0.05) is 0 Å². The van der Waals surface area contributed by atoms with Gasteiger partial charge in [-0.3, -0.25) is 0 Å². The number of nitrogen functional groups attached to an aromatic ring is 1. The van der Waals surface area contributed by atoms with Crippen LogP contribution >= 0.6 is 0 Å². The lowest BCUT2D eigenvalue weighted by Gasteiger charge is -2.08. The van der Waals surface area contributed by atoms with E-state index in [1.165, 1.54) is 0 Å². The lowest BCUT2D eigenvalue weighted by molar-refractivity contribution is -0.141. The minimum Gasteiger partial charge on any atom is -0.438 e. The largest absolute Gasteiger partial charge is 0.438 e. The van der Waals surface area contributed by atoms with Gasteiger partial charge in [-0.25, -0.2) is 0 Å². The summed E-state index contributed by atoms with van der Waals surface area (Å²) in [5.41, 5.74) is 5.99. The number of rotatable bonds is 2. The number of hydrogen-bond donors (Lipinski definition) is 1. The highest BCUT2D eigenvalue weighted by Gasteiger charge is 2.32. The van der Waals surface area contributed by atoms with Crippen LogP contribution in [0.4, 0.5) is 18.9 Å². The minimum atomic E-state index is -4.51. The monoisotopic (exact) mass is 269 g/mol. The first-order chi connectivity index (χ1) is 8.86. The Labute approximate surface area is 107 Å². The maximum Gasteiger partial charge on any atom is 0.435 e. The molecule has 0 saturated carbocycles. The molecule has 0 radical (unpaired) electrons. The van der Waals surface area contributed by atoms with E-state index < -0.39 is 11.9 Å². The second-order valence-electron chi connectivity index (χ2n) is 3.88. The van der Waals surface area contributed by atoms with Crippen molar-refractivity contribution >= 4 is 5.69 Å². The van der Waals surface area contributed by atoms with E-state index in [4.69, 9.17) is 10.5 Å². The van der Waals surface area contributed by atoms with E-state index >= 15 is 0 Å². The van der Waals surface area contributed by atoms with Gasteiger partial charge in [-0.2, -0.15) is 13.2 Å². The second kappa shape index (κ2) is 4.75. The van der Waals surface area contributed by atoms with Crippen molar-refractivity contribution in [1.82, 2.24) is 10.2 Å². The zero-order chi connectivity index (χ0) is 14.0. The van der Waals surface area contributed by atoms with Crippen LogP contribution in [0.15, 0.2) is 30.3 Å². The highest BCUT2D eigenvalue weighted by molar-refractivity contribution is 5.50. The van der Waals surface area contributed by atoms with E-state index in [1.807, 2.05) is 0 Å². The van der Waals surface area contributed by atoms with E-state index in [1.54, 1.807) is 25.1 Å². The number of alkyl halides is 3. The van der Waals surface area contributed by atoms with E-state index in [-0.39, 0.29) is 5.88 Å². The molecule has 0 atom stereocenters. The van der Waals surface area contributed by atoms with Gasteiger partial charge in [0.2, 0.25) is 5.88 Å². The Balaban J connectivity index is 2.17. The molecule has 0 saturated heterocycles. The molecule has 2 aromatic rings. The first-order valence-electron chi connectivity index (χ1n) is 5.31. The van der Waals surface area contributed by atoms with Crippen molar-refractivity contribution in [1.29, 1.82) is 0 Å². The summed E-state index contributed by atoms with van der Waals surface area (Å²) < 4.78 is 42.1. The lowest BCUT2D eigenvalue weighted by Crippen LogP contribution is -2.08. The van der Waals surface area contributed by atoms with Gasteiger partial charge < -0.3 is 10.5 Å². The third kappa shape index (κ3) is 3.12. The molecular formula is C12H10F3N3O. The molecule has 2 N–H and O–H groups in total. The van der Waals surface area contributed by atoms with Crippen LogP contribution in [0.2, 0.25) is 0 Å². The molecule has 0 bridgehead atoms. The Morgan fingerprint density at radius 1 is 1.11 bits per heavy atom. The van der Waals surface area contributed by atoms with Gasteiger partial charge in [-0.15, -0.1) is 10.2 Å². The Bertz CT molecular complexity index is 582. The third-order valence-corrected chi connectivity index (χ3v) is 2.39. The maximum atomic E-state index is 12.3. The van der Waals surface area contributed by atoms with Gasteiger partial charge in [0.25, 0.3) is 0 Å². The number of nitrogens with zero attached hydrogens (tertiary/aromatic N) is 2. The van der Waals surface area contributed by atoms with Crippen LogP contribution in [0, 0.1) is 6.92 Å². The van der Waals surface area contributed by atoms with Gasteiger partial charge in [0.15, 0.2) is 5.69 Å². The van der Waals surface area contributed by atoms with Crippen molar-refractivity contribution in [3.8, 4) is 11.6 Å². The van der Waals surface area contributed by atoms with Crippen LogP contribution in [0.5, 0.6) is 11.6 Å². The molecule has 7 heteroatoms. The van der Waals surface area contributed by atoms with Crippen LogP contribution in [-0.2, 0) is 6.18 Å². The highest BCUT2D eigenvalue weighted by atomic mass is 19.4. The molecule has 1 heterocycles. The number of aryl methyl sites for hydroxylation is 1. The number of hydrogen-bond acceptors (Lipinski definition) is 4. The van der Waals surface area contributed by atoms with Crippen LogP contribution in [0.3, 0.4) is 0 Å². The minimum absolute atomic E-state index is 0.0165. The molecule has 0 fully saturated rings. The normalized spacial score (nSPS) is 11.4. The molecule has 100 valence electrons. The molecule has 0 aliphatic carbocycles. The fraction of sp³-hybridized carbons (Fsp3) is 0.167. The third-order valence-electron chi connectivity index (χ3n) is 2.39. The SMILES string of the molecule is Cc1cc(Oc2ccc(C(F)(F)F)nn2)ccc1N. The predicted octanol–water partition coefficient (Wildman–Crippen LogP) is 3.18. The number of benzene rings is 1. The number of ether oxygens (including phenoxy) is 1. The fourth-order valence-electron chi connectivity index (χ4n) is 1.36. The van der Waals surface area contributed by atoms with Crippen molar-refractivity contribution in [3.63, 3.8) is 0 Å².